The van der Waals surface area contributed by atoms with Gasteiger partial charge in [0, 0.05) is 23.6 Å². The summed E-state index contributed by atoms with van der Waals surface area (Å²) in [5, 5.41) is 0. The molecular weight excluding hydrogens is 302 g/mol. The topological polar surface area (TPSA) is 56.5 Å². The van der Waals surface area contributed by atoms with E-state index in [-0.39, 0.29) is 0 Å². The SMILES string of the molecule is O=C1OC(c2ccccc2)=N/C1=C/c1ccc(-n2ccnc2)cc1. The minimum atomic E-state index is -0.437. The van der Waals surface area contributed by atoms with Gasteiger partial charge in [-0.25, -0.2) is 14.8 Å². The summed E-state index contributed by atoms with van der Waals surface area (Å²) >= 11 is 0. The minimum Gasteiger partial charge on any atom is -0.402 e. The van der Waals surface area contributed by atoms with Gasteiger partial charge in [0.05, 0.1) is 6.33 Å². The molecule has 0 spiro atoms. The molecule has 24 heavy (non-hydrogen) atoms. The lowest BCUT2D eigenvalue weighted by atomic mass is 10.1. The van der Waals surface area contributed by atoms with Crippen molar-refractivity contribution in [3.63, 3.8) is 0 Å². The number of rotatable bonds is 3. The van der Waals surface area contributed by atoms with Gasteiger partial charge >= 0.3 is 5.97 Å². The molecule has 1 aliphatic rings. The zero-order valence-corrected chi connectivity index (χ0v) is 12.7. The maximum atomic E-state index is 12.0. The first kappa shape index (κ1) is 14.1. The van der Waals surface area contributed by atoms with Crippen molar-refractivity contribution in [1.82, 2.24) is 9.55 Å². The molecule has 0 unspecified atom stereocenters. The number of cyclic esters (lactones) is 1. The summed E-state index contributed by atoms with van der Waals surface area (Å²) in [6.07, 6.45) is 7.05. The zero-order chi connectivity index (χ0) is 16.4. The number of aliphatic imine (C=N–C) groups is 1. The summed E-state index contributed by atoms with van der Waals surface area (Å²) in [7, 11) is 0. The van der Waals surface area contributed by atoms with Gasteiger partial charge < -0.3 is 9.30 Å². The van der Waals surface area contributed by atoms with Crippen LogP contribution in [0.2, 0.25) is 0 Å². The first-order valence-electron chi connectivity index (χ1n) is 7.46. The summed E-state index contributed by atoms with van der Waals surface area (Å²) in [6.45, 7) is 0. The number of carbonyl (C=O) groups is 1. The predicted octanol–water partition coefficient (Wildman–Crippen LogP) is 3.22. The Bertz CT molecular complexity index is 925. The molecule has 0 radical (unpaired) electrons. The first-order valence-corrected chi connectivity index (χ1v) is 7.46. The van der Waals surface area contributed by atoms with E-state index in [1.165, 1.54) is 0 Å². The molecule has 0 saturated carbocycles. The molecule has 0 amide bonds. The van der Waals surface area contributed by atoms with Crippen molar-refractivity contribution >= 4 is 17.9 Å². The number of esters is 1. The highest BCUT2D eigenvalue weighted by atomic mass is 16.6. The largest absolute Gasteiger partial charge is 0.402 e. The van der Waals surface area contributed by atoms with E-state index in [9.17, 15) is 4.79 Å². The number of ether oxygens (including phenoxy) is 1. The van der Waals surface area contributed by atoms with E-state index in [0.717, 1.165) is 16.8 Å². The average molecular weight is 315 g/mol. The standard InChI is InChI=1S/C19H13N3O2/c23-19-17(21-18(24-19)15-4-2-1-3-5-15)12-14-6-8-16(9-7-14)22-11-10-20-13-22/h1-13H/b17-12+. The summed E-state index contributed by atoms with van der Waals surface area (Å²) in [6, 6.07) is 17.1. The van der Waals surface area contributed by atoms with Crippen LogP contribution in [-0.2, 0) is 9.53 Å². The molecule has 5 heteroatoms. The second-order valence-corrected chi connectivity index (χ2v) is 5.26. The Morgan fingerprint density at radius 3 is 2.50 bits per heavy atom. The van der Waals surface area contributed by atoms with Crippen LogP contribution < -0.4 is 0 Å². The molecule has 1 aromatic heterocycles. The van der Waals surface area contributed by atoms with E-state index in [1.54, 1.807) is 18.6 Å². The lowest BCUT2D eigenvalue weighted by Crippen LogP contribution is -2.04. The van der Waals surface area contributed by atoms with E-state index >= 15 is 0 Å². The van der Waals surface area contributed by atoms with Gasteiger partial charge in [-0.1, -0.05) is 30.3 Å². The van der Waals surface area contributed by atoms with Crippen LogP contribution in [0.15, 0.2) is 84.0 Å². The number of aromatic nitrogens is 2. The molecular formula is C19H13N3O2. The van der Waals surface area contributed by atoms with Gasteiger partial charge in [-0.3, -0.25) is 0 Å². The first-order chi connectivity index (χ1) is 11.8. The van der Waals surface area contributed by atoms with Gasteiger partial charge in [-0.15, -0.1) is 0 Å². The van der Waals surface area contributed by atoms with E-state index in [1.807, 2.05) is 65.4 Å². The van der Waals surface area contributed by atoms with E-state index in [2.05, 4.69) is 9.98 Å². The highest BCUT2D eigenvalue weighted by Gasteiger charge is 2.23. The van der Waals surface area contributed by atoms with Crippen molar-refractivity contribution in [1.29, 1.82) is 0 Å². The molecule has 3 aromatic rings. The fraction of sp³-hybridized carbons (Fsp3) is 0. The van der Waals surface area contributed by atoms with Gasteiger partial charge in [0.1, 0.15) is 0 Å². The number of hydrogen-bond donors (Lipinski definition) is 0. The van der Waals surface area contributed by atoms with Crippen LogP contribution in [0.1, 0.15) is 11.1 Å². The van der Waals surface area contributed by atoms with Crippen molar-refractivity contribution in [2.24, 2.45) is 4.99 Å². The maximum Gasteiger partial charge on any atom is 0.363 e. The Morgan fingerprint density at radius 1 is 1.00 bits per heavy atom. The van der Waals surface area contributed by atoms with Crippen LogP contribution in [-0.4, -0.2) is 21.4 Å². The fourth-order valence-corrected chi connectivity index (χ4v) is 2.43. The van der Waals surface area contributed by atoms with Crippen molar-refractivity contribution in [3.8, 4) is 5.69 Å². The van der Waals surface area contributed by atoms with E-state index in [4.69, 9.17) is 4.74 Å². The molecule has 4 rings (SSSR count). The third kappa shape index (κ3) is 2.75. The lowest BCUT2D eigenvalue weighted by Gasteiger charge is -2.02. The highest BCUT2D eigenvalue weighted by molar-refractivity contribution is 6.12. The average Bonchev–Trinajstić information content (AvgIpc) is 3.27. The smallest absolute Gasteiger partial charge is 0.363 e. The Hall–Kier alpha value is -3.47. The molecule has 5 nitrogen and oxygen atoms in total. The Kier molecular flexibility index (Phi) is 3.51. The van der Waals surface area contributed by atoms with Crippen molar-refractivity contribution in [3.05, 3.63) is 90.1 Å². The summed E-state index contributed by atoms with van der Waals surface area (Å²) in [5.74, 6) is -0.102. The maximum absolute atomic E-state index is 12.0. The molecule has 2 aromatic carbocycles. The van der Waals surface area contributed by atoms with Gasteiger partial charge in [-0.05, 0) is 35.9 Å². The number of nitrogens with zero attached hydrogens (tertiary/aromatic N) is 3. The normalized spacial score (nSPS) is 15.4. The van der Waals surface area contributed by atoms with Crippen LogP contribution in [0, 0.1) is 0 Å². The number of imidazole rings is 1. The molecule has 0 N–H and O–H groups in total. The Morgan fingerprint density at radius 2 is 1.79 bits per heavy atom. The summed E-state index contributed by atoms with van der Waals surface area (Å²) < 4.78 is 7.15. The molecule has 0 aliphatic carbocycles. The van der Waals surface area contributed by atoms with Crippen LogP contribution in [0.3, 0.4) is 0 Å². The lowest BCUT2D eigenvalue weighted by molar-refractivity contribution is -0.129. The minimum absolute atomic E-state index is 0.296. The third-order valence-electron chi connectivity index (χ3n) is 3.64. The molecule has 116 valence electrons. The summed E-state index contributed by atoms with van der Waals surface area (Å²) in [5.41, 5.74) is 2.95. The molecule has 0 bridgehead atoms. The van der Waals surface area contributed by atoms with Gasteiger partial charge in [0.2, 0.25) is 5.90 Å². The number of hydrogen-bond acceptors (Lipinski definition) is 4. The van der Waals surface area contributed by atoms with E-state index in [0.29, 0.717) is 11.6 Å². The van der Waals surface area contributed by atoms with Crippen LogP contribution >= 0.6 is 0 Å². The highest BCUT2D eigenvalue weighted by Crippen LogP contribution is 2.19. The quantitative estimate of drug-likeness (QED) is 0.551. The third-order valence-corrected chi connectivity index (χ3v) is 3.64. The van der Waals surface area contributed by atoms with Crippen molar-refractivity contribution in [2.45, 2.75) is 0 Å². The van der Waals surface area contributed by atoms with Gasteiger partial charge in [0.25, 0.3) is 0 Å². The summed E-state index contributed by atoms with van der Waals surface area (Å²) in [4.78, 5) is 20.3. The molecule has 0 saturated heterocycles. The number of benzene rings is 2. The van der Waals surface area contributed by atoms with Crippen LogP contribution in [0.25, 0.3) is 11.8 Å². The van der Waals surface area contributed by atoms with E-state index < -0.39 is 5.97 Å². The molecule has 2 heterocycles. The molecule has 0 fully saturated rings. The van der Waals surface area contributed by atoms with Crippen LogP contribution in [0.4, 0.5) is 0 Å². The predicted molar refractivity (Wildman–Crippen MR) is 90.6 cm³/mol. The number of carbonyl (C=O) groups excluding carboxylic acids is 1. The Labute approximate surface area is 138 Å². The molecule has 1 aliphatic heterocycles. The van der Waals surface area contributed by atoms with Gasteiger partial charge in [0.15, 0.2) is 5.70 Å². The second-order valence-electron chi connectivity index (χ2n) is 5.26. The van der Waals surface area contributed by atoms with Gasteiger partial charge in [-0.2, -0.15) is 0 Å². The monoisotopic (exact) mass is 315 g/mol. The molecule has 0 atom stereocenters. The Balaban J connectivity index is 1.61. The van der Waals surface area contributed by atoms with Crippen molar-refractivity contribution in [2.75, 3.05) is 0 Å². The fourth-order valence-electron chi connectivity index (χ4n) is 2.43. The van der Waals surface area contributed by atoms with Crippen molar-refractivity contribution < 1.29 is 9.53 Å². The van der Waals surface area contributed by atoms with Crippen LogP contribution in [0.5, 0.6) is 0 Å². The second kappa shape index (κ2) is 5.96. The zero-order valence-electron chi connectivity index (χ0n) is 12.7.